The quantitative estimate of drug-likeness (QED) is 0.816. The number of carbonyl (C=O) groups is 2. The molecule has 0 unspecified atom stereocenters. The van der Waals surface area contributed by atoms with Crippen LogP contribution in [0.3, 0.4) is 0 Å². The second-order valence-corrected chi connectivity index (χ2v) is 5.46. The van der Waals surface area contributed by atoms with E-state index in [1.54, 1.807) is 24.3 Å². The summed E-state index contributed by atoms with van der Waals surface area (Å²) in [6.45, 7) is 1.88. The van der Waals surface area contributed by atoms with Gasteiger partial charge in [-0.25, -0.2) is 0 Å². The van der Waals surface area contributed by atoms with Crippen LogP contribution >= 0.6 is 24.0 Å². The monoisotopic (exact) mass is 330 g/mol. The van der Waals surface area contributed by atoms with Crippen LogP contribution in [0, 0.1) is 0 Å². The predicted octanol–water partition coefficient (Wildman–Crippen LogP) is 2.59. The fourth-order valence-corrected chi connectivity index (χ4v) is 2.40. The van der Waals surface area contributed by atoms with E-state index in [0.717, 1.165) is 25.9 Å². The van der Waals surface area contributed by atoms with Crippen molar-refractivity contribution < 1.29 is 9.59 Å². The Labute approximate surface area is 136 Å². The van der Waals surface area contributed by atoms with Gasteiger partial charge in [-0.05, 0) is 50.2 Å². The van der Waals surface area contributed by atoms with E-state index < -0.39 is 0 Å². The Morgan fingerprint density at radius 1 is 1.14 bits per heavy atom. The number of piperidine rings is 1. The van der Waals surface area contributed by atoms with Gasteiger partial charge in [0.25, 0.3) is 0 Å². The van der Waals surface area contributed by atoms with E-state index in [-0.39, 0.29) is 43.0 Å². The van der Waals surface area contributed by atoms with Gasteiger partial charge in [-0.1, -0.05) is 11.6 Å². The third-order valence-electron chi connectivity index (χ3n) is 3.45. The molecule has 0 aliphatic carbocycles. The first-order valence-corrected chi connectivity index (χ1v) is 7.32. The van der Waals surface area contributed by atoms with E-state index in [1.165, 1.54) is 0 Å². The summed E-state index contributed by atoms with van der Waals surface area (Å²) in [5.74, 6) is -0.0682. The molecule has 0 atom stereocenters. The number of hydrogen-bond donors (Lipinski definition) is 2. The van der Waals surface area contributed by atoms with Gasteiger partial charge in [0, 0.05) is 29.5 Å². The maximum atomic E-state index is 11.9. The van der Waals surface area contributed by atoms with Gasteiger partial charge in [-0.15, -0.1) is 12.4 Å². The van der Waals surface area contributed by atoms with Crippen molar-refractivity contribution in [1.82, 2.24) is 10.6 Å². The molecule has 6 heteroatoms. The van der Waals surface area contributed by atoms with Crippen molar-refractivity contribution in [3.8, 4) is 0 Å². The minimum Gasteiger partial charge on any atom is -0.353 e. The molecular formula is C15H20Cl2N2O2. The molecule has 1 fully saturated rings. The number of amides is 1. The van der Waals surface area contributed by atoms with Gasteiger partial charge in [0.05, 0.1) is 0 Å². The van der Waals surface area contributed by atoms with Crippen LogP contribution in [0.2, 0.25) is 5.02 Å². The first-order chi connectivity index (χ1) is 9.65. The van der Waals surface area contributed by atoms with Gasteiger partial charge < -0.3 is 10.6 Å². The molecule has 1 heterocycles. The summed E-state index contributed by atoms with van der Waals surface area (Å²) in [6, 6.07) is 6.99. The van der Waals surface area contributed by atoms with Gasteiger partial charge >= 0.3 is 0 Å². The average Bonchev–Trinajstić information content (AvgIpc) is 2.46. The average molecular weight is 331 g/mol. The standard InChI is InChI=1S/C15H19ClN2O2.ClH/c16-12-3-1-11(2-4-12)14(19)5-6-15(20)18-13-7-9-17-10-8-13;/h1-4,13,17H,5-10H2,(H,18,20);1H. The smallest absolute Gasteiger partial charge is 0.220 e. The van der Waals surface area contributed by atoms with Crippen LogP contribution in [0.1, 0.15) is 36.0 Å². The molecule has 0 spiro atoms. The molecule has 1 aliphatic rings. The van der Waals surface area contributed by atoms with Crippen LogP contribution < -0.4 is 10.6 Å². The topological polar surface area (TPSA) is 58.2 Å². The third kappa shape index (κ3) is 6.04. The Morgan fingerprint density at radius 2 is 1.76 bits per heavy atom. The second-order valence-electron chi connectivity index (χ2n) is 5.02. The van der Waals surface area contributed by atoms with Crippen molar-refractivity contribution in [2.75, 3.05) is 13.1 Å². The summed E-state index contributed by atoms with van der Waals surface area (Å²) >= 11 is 5.77. The zero-order valence-electron chi connectivity index (χ0n) is 11.7. The van der Waals surface area contributed by atoms with Gasteiger partial charge in [-0.2, -0.15) is 0 Å². The lowest BCUT2D eigenvalue weighted by Gasteiger charge is -2.23. The molecule has 0 aromatic heterocycles. The molecule has 4 nitrogen and oxygen atoms in total. The van der Waals surface area contributed by atoms with E-state index in [9.17, 15) is 9.59 Å². The summed E-state index contributed by atoms with van der Waals surface area (Å²) in [7, 11) is 0. The fraction of sp³-hybridized carbons (Fsp3) is 0.467. The Bertz CT molecular complexity index is 471. The van der Waals surface area contributed by atoms with E-state index >= 15 is 0 Å². The Hall–Kier alpha value is -1.10. The van der Waals surface area contributed by atoms with E-state index in [0.29, 0.717) is 10.6 Å². The normalized spacial score (nSPS) is 15.1. The van der Waals surface area contributed by atoms with E-state index in [4.69, 9.17) is 11.6 Å². The van der Waals surface area contributed by atoms with Crippen molar-refractivity contribution in [2.24, 2.45) is 0 Å². The minimum absolute atomic E-state index is 0. The lowest BCUT2D eigenvalue weighted by molar-refractivity contribution is -0.121. The van der Waals surface area contributed by atoms with Crippen LogP contribution in [0.25, 0.3) is 0 Å². The highest BCUT2D eigenvalue weighted by Crippen LogP contribution is 2.12. The number of halogens is 2. The molecule has 2 rings (SSSR count). The molecule has 1 saturated heterocycles. The highest BCUT2D eigenvalue weighted by atomic mass is 35.5. The van der Waals surface area contributed by atoms with Crippen molar-refractivity contribution in [3.63, 3.8) is 0 Å². The molecule has 1 aromatic carbocycles. The van der Waals surface area contributed by atoms with Crippen LogP contribution in [0.15, 0.2) is 24.3 Å². The zero-order valence-corrected chi connectivity index (χ0v) is 13.3. The number of Topliss-reactive ketones (excluding diaryl/α,β-unsaturated/α-hetero) is 1. The second kappa shape index (κ2) is 9.03. The molecule has 1 aliphatic heterocycles. The molecule has 0 saturated carbocycles. The lowest BCUT2D eigenvalue weighted by atomic mass is 10.0. The number of rotatable bonds is 5. The molecule has 1 amide bonds. The van der Waals surface area contributed by atoms with Crippen molar-refractivity contribution in [2.45, 2.75) is 31.7 Å². The lowest BCUT2D eigenvalue weighted by Crippen LogP contribution is -2.42. The Morgan fingerprint density at radius 3 is 2.38 bits per heavy atom. The highest BCUT2D eigenvalue weighted by Gasteiger charge is 2.16. The number of hydrogen-bond acceptors (Lipinski definition) is 3. The van der Waals surface area contributed by atoms with Crippen LogP contribution in [-0.4, -0.2) is 30.8 Å². The largest absolute Gasteiger partial charge is 0.353 e. The first kappa shape index (κ1) is 18.0. The van der Waals surface area contributed by atoms with E-state index in [1.807, 2.05) is 0 Å². The van der Waals surface area contributed by atoms with Crippen molar-refractivity contribution in [3.05, 3.63) is 34.9 Å². The van der Waals surface area contributed by atoms with Crippen LogP contribution in [0.5, 0.6) is 0 Å². The van der Waals surface area contributed by atoms with E-state index in [2.05, 4.69) is 10.6 Å². The van der Waals surface area contributed by atoms with Crippen LogP contribution in [0.4, 0.5) is 0 Å². The highest BCUT2D eigenvalue weighted by molar-refractivity contribution is 6.30. The summed E-state index contributed by atoms with van der Waals surface area (Å²) < 4.78 is 0. The van der Waals surface area contributed by atoms with Gasteiger partial charge in [-0.3, -0.25) is 9.59 Å². The van der Waals surface area contributed by atoms with Crippen LogP contribution in [-0.2, 0) is 4.79 Å². The molecule has 0 bridgehead atoms. The Balaban J connectivity index is 0.00000220. The van der Waals surface area contributed by atoms with Gasteiger partial charge in [0.1, 0.15) is 0 Å². The first-order valence-electron chi connectivity index (χ1n) is 6.94. The summed E-state index contributed by atoms with van der Waals surface area (Å²) in [6.07, 6.45) is 2.39. The number of ketones is 1. The van der Waals surface area contributed by atoms with Crippen molar-refractivity contribution in [1.29, 1.82) is 0 Å². The molecular weight excluding hydrogens is 311 g/mol. The minimum atomic E-state index is -0.0424. The Kier molecular flexibility index (Phi) is 7.72. The summed E-state index contributed by atoms with van der Waals surface area (Å²) in [4.78, 5) is 23.7. The van der Waals surface area contributed by atoms with Gasteiger partial charge in [0.15, 0.2) is 5.78 Å². The van der Waals surface area contributed by atoms with Crippen molar-refractivity contribution >= 4 is 35.7 Å². The van der Waals surface area contributed by atoms with Gasteiger partial charge in [0.2, 0.25) is 5.91 Å². The number of carbonyl (C=O) groups excluding carboxylic acids is 2. The third-order valence-corrected chi connectivity index (χ3v) is 3.70. The zero-order chi connectivity index (χ0) is 14.4. The predicted molar refractivity (Wildman–Crippen MR) is 86.3 cm³/mol. The molecule has 1 aromatic rings. The summed E-state index contributed by atoms with van der Waals surface area (Å²) in [5.41, 5.74) is 0.601. The number of benzene rings is 1. The number of nitrogens with one attached hydrogen (secondary N) is 2. The SMILES string of the molecule is Cl.O=C(CCC(=O)c1ccc(Cl)cc1)NC1CCNCC1. The summed E-state index contributed by atoms with van der Waals surface area (Å²) in [5, 5.41) is 6.83. The maximum absolute atomic E-state index is 11.9. The molecule has 0 radical (unpaired) electrons. The molecule has 2 N–H and O–H groups in total. The molecule has 116 valence electrons. The fourth-order valence-electron chi connectivity index (χ4n) is 2.27. The maximum Gasteiger partial charge on any atom is 0.220 e. The molecule has 21 heavy (non-hydrogen) atoms.